The molecule has 2 heterocycles. The predicted molar refractivity (Wildman–Crippen MR) is 112 cm³/mol. The minimum absolute atomic E-state index is 0.0134. The van der Waals surface area contributed by atoms with Crippen molar-refractivity contribution in [3.05, 3.63) is 0 Å². The number of fused-ring (bicyclic) bond motifs is 1. The third-order valence-electron chi connectivity index (χ3n) is 5.70. The first-order chi connectivity index (χ1) is 14.0. The molecule has 2 unspecified atom stereocenters. The first-order valence-corrected chi connectivity index (χ1v) is 11.8. The number of hydrogen-bond donors (Lipinski definition) is 4. The van der Waals surface area contributed by atoms with Crippen molar-refractivity contribution in [2.75, 3.05) is 13.2 Å². The van der Waals surface area contributed by atoms with E-state index in [1.54, 1.807) is 0 Å². The molecule has 0 spiro atoms. The number of aliphatic hydroxyl groups excluding tert-OH is 3. The second-order valence-corrected chi connectivity index (χ2v) is 8.79. The second-order valence-electron chi connectivity index (χ2n) is 7.98. The van der Waals surface area contributed by atoms with E-state index in [0.717, 1.165) is 12.8 Å². The summed E-state index contributed by atoms with van der Waals surface area (Å²) in [5.74, 6) is 0. The van der Waals surface area contributed by atoms with Gasteiger partial charge in [-0.1, -0.05) is 13.3 Å². The normalized spacial score (nSPS) is 29.7. The number of hydrogen-bond acceptors (Lipinski definition) is 6. The van der Waals surface area contributed by atoms with Crippen LogP contribution in [0.5, 0.6) is 0 Å². The molecule has 167 valence electrons. The summed E-state index contributed by atoms with van der Waals surface area (Å²) in [4.78, 5) is 17.6. The van der Waals surface area contributed by atoms with Gasteiger partial charge in [0.25, 0.3) is 0 Å². The number of carbonyl (C=O) groups is 1. The van der Waals surface area contributed by atoms with Crippen molar-refractivity contribution in [1.82, 2.24) is 10.2 Å². The molecular formula is C20H36N3O5Se. The fourth-order valence-corrected chi connectivity index (χ4v) is 4.36. The number of cyclic esters (lactones) is 1. The zero-order chi connectivity index (χ0) is 21.2. The van der Waals surface area contributed by atoms with E-state index in [0.29, 0.717) is 11.3 Å². The van der Waals surface area contributed by atoms with Crippen molar-refractivity contribution in [3.8, 4) is 0 Å². The number of amidine groups is 1. The zero-order valence-electron chi connectivity index (χ0n) is 17.3. The van der Waals surface area contributed by atoms with Crippen LogP contribution in [-0.2, 0) is 4.74 Å². The Balaban J connectivity index is 1.66. The Morgan fingerprint density at radius 3 is 2.24 bits per heavy atom. The molecule has 1 radical (unpaired) electrons. The number of unbranched alkanes of at least 4 members (excludes halogenated alkanes) is 9. The second kappa shape index (κ2) is 12.7. The summed E-state index contributed by atoms with van der Waals surface area (Å²) < 4.78 is 5.43. The molecule has 1 amide bonds. The molecule has 5 atom stereocenters. The molecule has 0 saturated carbocycles. The monoisotopic (exact) mass is 478 g/mol. The first-order valence-electron chi connectivity index (χ1n) is 10.9. The minimum atomic E-state index is -1.36. The van der Waals surface area contributed by atoms with Crippen LogP contribution in [0.1, 0.15) is 71.1 Å². The van der Waals surface area contributed by atoms with E-state index in [1.807, 2.05) is 0 Å². The van der Waals surface area contributed by atoms with E-state index < -0.39 is 36.6 Å². The Morgan fingerprint density at radius 1 is 1.03 bits per heavy atom. The molecule has 2 fully saturated rings. The summed E-state index contributed by atoms with van der Waals surface area (Å²) in [5.41, 5.74) is 0. The average Bonchev–Trinajstić information content (AvgIpc) is 3.09. The number of nitrogens with one attached hydrogen (secondary N) is 1. The van der Waals surface area contributed by atoms with Crippen LogP contribution in [0.2, 0.25) is 0 Å². The third-order valence-corrected chi connectivity index (χ3v) is 6.22. The zero-order valence-corrected chi connectivity index (χ0v) is 19.0. The van der Waals surface area contributed by atoms with E-state index in [-0.39, 0.29) is 6.61 Å². The standard InChI is InChI=1S/C20H36N3O5Se/c1-2-3-4-5-6-7-8-9-10-11-12-21-19(29)22-18-17(26)16(25)15(24)14-13-28-20(27)23(14)18/h14-18,24-26H,2-13H2,1H3,(H,21,22)/t14?,15-,16?,17+,18+/m1/s1. The van der Waals surface area contributed by atoms with Crippen LogP contribution in [0.25, 0.3) is 0 Å². The van der Waals surface area contributed by atoms with Crippen molar-refractivity contribution in [2.45, 2.75) is 102 Å². The Morgan fingerprint density at radius 2 is 1.62 bits per heavy atom. The maximum atomic E-state index is 12.0. The van der Waals surface area contributed by atoms with Crippen LogP contribution >= 0.6 is 0 Å². The van der Waals surface area contributed by atoms with Gasteiger partial charge in [-0.25, -0.2) is 0 Å². The van der Waals surface area contributed by atoms with Gasteiger partial charge < -0.3 is 0 Å². The van der Waals surface area contributed by atoms with Crippen molar-refractivity contribution in [3.63, 3.8) is 0 Å². The van der Waals surface area contributed by atoms with Gasteiger partial charge in [0.1, 0.15) is 0 Å². The molecule has 2 aliphatic heterocycles. The number of rotatable bonds is 12. The number of aliphatic imine (C=N–C) groups is 1. The van der Waals surface area contributed by atoms with Gasteiger partial charge in [0.15, 0.2) is 0 Å². The Kier molecular flexibility index (Phi) is 10.7. The molecule has 0 aromatic carbocycles. The molecule has 0 aromatic heterocycles. The molecule has 4 N–H and O–H groups in total. The number of aliphatic hydroxyl groups is 3. The van der Waals surface area contributed by atoms with Crippen molar-refractivity contribution >= 4 is 26.8 Å². The third kappa shape index (κ3) is 7.10. The number of carbonyl (C=O) groups excluding carboxylic acids is 1. The molecule has 8 nitrogen and oxygen atoms in total. The van der Waals surface area contributed by atoms with Gasteiger partial charge >= 0.3 is 168 Å². The topological polar surface area (TPSA) is 115 Å². The average molecular weight is 477 g/mol. The van der Waals surface area contributed by atoms with Crippen LogP contribution in [0, 0.1) is 0 Å². The van der Waals surface area contributed by atoms with Crippen LogP contribution in [0.3, 0.4) is 0 Å². The summed E-state index contributed by atoms with van der Waals surface area (Å²) in [6.07, 6.45) is 7.09. The van der Waals surface area contributed by atoms with Crippen molar-refractivity contribution in [2.24, 2.45) is 4.99 Å². The van der Waals surface area contributed by atoms with Gasteiger partial charge in [0, 0.05) is 0 Å². The first kappa shape index (κ1) is 24.4. The molecule has 0 aromatic rings. The van der Waals surface area contributed by atoms with Crippen LogP contribution < -0.4 is 5.32 Å². The molecule has 2 aliphatic rings. The molecule has 0 aliphatic carbocycles. The summed E-state index contributed by atoms with van der Waals surface area (Å²) >= 11 is 2.81. The molecule has 9 heteroatoms. The van der Waals surface area contributed by atoms with Crippen LogP contribution in [0.4, 0.5) is 4.79 Å². The van der Waals surface area contributed by atoms with Crippen LogP contribution in [-0.4, -0.2) is 90.7 Å². The molecule has 2 rings (SSSR count). The summed E-state index contributed by atoms with van der Waals surface area (Å²) in [6.45, 7) is 2.87. The molecular weight excluding hydrogens is 441 g/mol. The Hall–Kier alpha value is -0.861. The SMILES string of the molecule is CCCCCCCCCCCCN=C([Se])N[C@@H]1[C@@H](O)C(O)[C@H](O)C2COC(=O)N21. The summed E-state index contributed by atoms with van der Waals surface area (Å²) in [6, 6.07) is -0.687. The number of amides is 1. The quantitative estimate of drug-likeness (QED) is 0.146. The summed E-state index contributed by atoms with van der Waals surface area (Å²) in [5, 5.41) is 33.4. The van der Waals surface area contributed by atoms with Crippen LogP contribution in [0.15, 0.2) is 4.99 Å². The van der Waals surface area contributed by atoms with Gasteiger partial charge in [0.2, 0.25) is 0 Å². The fraction of sp³-hybridized carbons (Fsp3) is 0.900. The van der Waals surface area contributed by atoms with E-state index in [9.17, 15) is 20.1 Å². The Labute approximate surface area is 181 Å². The van der Waals surface area contributed by atoms with E-state index in [1.165, 1.54) is 56.3 Å². The van der Waals surface area contributed by atoms with E-state index >= 15 is 0 Å². The molecule has 2 saturated heterocycles. The summed E-state index contributed by atoms with van der Waals surface area (Å²) in [7, 11) is 0. The van der Waals surface area contributed by atoms with Gasteiger partial charge in [-0.05, 0) is 0 Å². The number of ether oxygens (including phenoxy) is 1. The number of piperidine rings is 1. The van der Waals surface area contributed by atoms with E-state index in [2.05, 4.69) is 33.2 Å². The molecule has 29 heavy (non-hydrogen) atoms. The predicted octanol–water partition coefficient (Wildman–Crippen LogP) is 1.26. The van der Waals surface area contributed by atoms with E-state index in [4.69, 9.17) is 4.74 Å². The van der Waals surface area contributed by atoms with Gasteiger partial charge in [-0.15, -0.1) is 0 Å². The molecule has 0 bridgehead atoms. The van der Waals surface area contributed by atoms with Gasteiger partial charge in [0.05, 0.1) is 0 Å². The van der Waals surface area contributed by atoms with Crippen molar-refractivity contribution in [1.29, 1.82) is 0 Å². The van der Waals surface area contributed by atoms with Gasteiger partial charge in [-0.2, -0.15) is 0 Å². The number of nitrogens with zero attached hydrogens (tertiary/aromatic N) is 2. The van der Waals surface area contributed by atoms with Crippen molar-refractivity contribution < 1.29 is 24.9 Å². The maximum absolute atomic E-state index is 12.0. The fourth-order valence-electron chi connectivity index (χ4n) is 3.92. The van der Waals surface area contributed by atoms with Gasteiger partial charge in [-0.3, -0.25) is 0 Å². The Bertz CT molecular complexity index is 536.